The summed E-state index contributed by atoms with van der Waals surface area (Å²) >= 11 is 0. The van der Waals surface area contributed by atoms with Gasteiger partial charge in [-0.05, 0) is 42.7 Å². The molecule has 0 spiro atoms. The number of nitrogens with one attached hydrogen (secondary N) is 3. The third-order valence-electron chi connectivity index (χ3n) is 4.79. The number of urea groups is 2. The standard InChI is InChI=1S/C21H24N4O4/c26-19(27)16-8-6-15(7-9-16)14-22-21(29)25-12-10-18(11-13-25)24-20(28)23-17-4-2-1-3-5-17/h1-9,18H,10-14H2,(H,22,29)(H,26,27)(H2,23,24,28). The number of piperidine rings is 1. The smallest absolute Gasteiger partial charge is 0.335 e. The van der Waals surface area contributed by atoms with Gasteiger partial charge in [-0.2, -0.15) is 0 Å². The maximum Gasteiger partial charge on any atom is 0.335 e. The zero-order valence-electron chi connectivity index (χ0n) is 15.9. The van der Waals surface area contributed by atoms with Crippen LogP contribution in [0.25, 0.3) is 0 Å². The number of carboxylic acids is 1. The van der Waals surface area contributed by atoms with Crippen molar-refractivity contribution in [2.24, 2.45) is 0 Å². The number of likely N-dealkylation sites (tertiary alicyclic amines) is 1. The summed E-state index contributed by atoms with van der Waals surface area (Å²) in [6, 6.07) is 15.2. The molecule has 4 amide bonds. The van der Waals surface area contributed by atoms with Gasteiger partial charge in [0.25, 0.3) is 0 Å². The van der Waals surface area contributed by atoms with Crippen LogP contribution in [0.15, 0.2) is 54.6 Å². The van der Waals surface area contributed by atoms with Crippen LogP contribution in [0.2, 0.25) is 0 Å². The maximum atomic E-state index is 12.3. The fourth-order valence-electron chi connectivity index (χ4n) is 3.16. The molecule has 0 bridgehead atoms. The molecule has 1 heterocycles. The lowest BCUT2D eigenvalue weighted by atomic mass is 10.1. The first-order chi connectivity index (χ1) is 14.0. The van der Waals surface area contributed by atoms with E-state index in [2.05, 4.69) is 16.0 Å². The Kier molecular flexibility index (Phi) is 6.67. The van der Waals surface area contributed by atoms with Crippen molar-refractivity contribution < 1.29 is 19.5 Å². The van der Waals surface area contributed by atoms with E-state index >= 15 is 0 Å². The Labute approximate surface area is 168 Å². The van der Waals surface area contributed by atoms with Crippen LogP contribution >= 0.6 is 0 Å². The molecule has 3 rings (SSSR count). The Morgan fingerprint density at radius 1 is 0.966 bits per heavy atom. The highest BCUT2D eigenvalue weighted by atomic mass is 16.4. The van der Waals surface area contributed by atoms with Crippen molar-refractivity contribution in [1.82, 2.24) is 15.5 Å². The molecule has 8 nitrogen and oxygen atoms in total. The van der Waals surface area contributed by atoms with Crippen LogP contribution in [0.1, 0.15) is 28.8 Å². The zero-order chi connectivity index (χ0) is 20.6. The number of nitrogens with zero attached hydrogens (tertiary/aromatic N) is 1. The van der Waals surface area contributed by atoms with E-state index in [1.165, 1.54) is 12.1 Å². The molecular weight excluding hydrogens is 372 g/mol. The number of hydrogen-bond donors (Lipinski definition) is 4. The van der Waals surface area contributed by atoms with Crippen molar-refractivity contribution in [3.05, 3.63) is 65.7 Å². The Morgan fingerprint density at radius 3 is 2.24 bits per heavy atom. The summed E-state index contributed by atoms with van der Waals surface area (Å²) in [5.41, 5.74) is 1.78. The van der Waals surface area contributed by atoms with Gasteiger partial charge in [0.05, 0.1) is 5.56 Å². The summed E-state index contributed by atoms with van der Waals surface area (Å²) in [4.78, 5) is 37.0. The average Bonchev–Trinajstić information content (AvgIpc) is 2.73. The van der Waals surface area contributed by atoms with Crippen molar-refractivity contribution in [3.8, 4) is 0 Å². The second-order valence-electron chi connectivity index (χ2n) is 6.89. The number of hydrogen-bond acceptors (Lipinski definition) is 3. The molecule has 2 aromatic rings. The molecular formula is C21H24N4O4. The van der Waals surface area contributed by atoms with E-state index in [4.69, 9.17) is 5.11 Å². The lowest BCUT2D eigenvalue weighted by Gasteiger charge is -2.32. The minimum absolute atomic E-state index is 0.0197. The number of amides is 4. The summed E-state index contributed by atoms with van der Waals surface area (Å²) in [5, 5.41) is 17.5. The van der Waals surface area contributed by atoms with Crippen LogP contribution in [-0.4, -0.2) is 47.2 Å². The number of carbonyl (C=O) groups is 3. The van der Waals surface area contributed by atoms with Gasteiger partial charge in [-0.3, -0.25) is 0 Å². The van der Waals surface area contributed by atoms with Crippen molar-refractivity contribution in [1.29, 1.82) is 0 Å². The number of benzene rings is 2. The molecule has 1 aliphatic rings. The summed E-state index contributed by atoms with van der Waals surface area (Å²) in [6.07, 6.45) is 1.37. The number of anilines is 1. The molecule has 0 unspecified atom stereocenters. The third kappa shape index (κ3) is 5.97. The molecule has 2 aromatic carbocycles. The quantitative estimate of drug-likeness (QED) is 0.623. The van der Waals surface area contributed by atoms with Crippen LogP contribution in [0.4, 0.5) is 15.3 Å². The van der Waals surface area contributed by atoms with Crippen LogP contribution in [0, 0.1) is 0 Å². The van der Waals surface area contributed by atoms with E-state index in [0.29, 0.717) is 32.5 Å². The Balaban J connectivity index is 1.38. The normalized spacial score (nSPS) is 14.1. The van der Waals surface area contributed by atoms with Crippen LogP contribution in [0.5, 0.6) is 0 Å². The van der Waals surface area contributed by atoms with Gasteiger partial charge in [0, 0.05) is 31.4 Å². The second kappa shape index (κ2) is 9.59. The van der Waals surface area contributed by atoms with Gasteiger partial charge in [0.15, 0.2) is 0 Å². The van der Waals surface area contributed by atoms with Gasteiger partial charge in [0.2, 0.25) is 0 Å². The Morgan fingerprint density at radius 2 is 1.62 bits per heavy atom. The van der Waals surface area contributed by atoms with Gasteiger partial charge in [-0.25, -0.2) is 14.4 Å². The summed E-state index contributed by atoms with van der Waals surface area (Å²) < 4.78 is 0. The minimum atomic E-state index is -0.977. The molecule has 0 aliphatic carbocycles. The number of para-hydroxylation sites is 1. The maximum absolute atomic E-state index is 12.3. The topological polar surface area (TPSA) is 111 Å². The second-order valence-corrected chi connectivity index (χ2v) is 6.89. The molecule has 8 heteroatoms. The first-order valence-electron chi connectivity index (χ1n) is 9.49. The number of rotatable bonds is 5. The molecule has 1 saturated heterocycles. The molecule has 1 aliphatic heterocycles. The van der Waals surface area contributed by atoms with E-state index in [9.17, 15) is 14.4 Å². The highest BCUT2D eigenvalue weighted by Gasteiger charge is 2.23. The first kappa shape index (κ1) is 20.2. The van der Waals surface area contributed by atoms with Gasteiger partial charge >= 0.3 is 18.0 Å². The molecule has 0 atom stereocenters. The molecule has 0 saturated carbocycles. The van der Waals surface area contributed by atoms with Crippen molar-refractivity contribution in [2.75, 3.05) is 18.4 Å². The zero-order valence-corrected chi connectivity index (χ0v) is 15.9. The molecule has 0 radical (unpaired) electrons. The minimum Gasteiger partial charge on any atom is -0.478 e. The molecule has 4 N–H and O–H groups in total. The van der Waals surface area contributed by atoms with Gasteiger partial charge in [0.1, 0.15) is 0 Å². The summed E-state index contributed by atoms with van der Waals surface area (Å²) in [5.74, 6) is -0.977. The van der Waals surface area contributed by atoms with E-state index in [-0.39, 0.29) is 23.7 Å². The predicted octanol–water partition coefficient (Wildman–Crippen LogP) is 2.88. The number of carbonyl (C=O) groups excluding carboxylic acids is 2. The van der Waals surface area contributed by atoms with Crippen LogP contribution in [0.3, 0.4) is 0 Å². The van der Waals surface area contributed by atoms with Crippen LogP contribution < -0.4 is 16.0 Å². The SMILES string of the molecule is O=C(Nc1ccccc1)NC1CCN(C(=O)NCc2ccc(C(=O)O)cc2)CC1. The van der Waals surface area contributed by atoms with E-state index in [0.717, 1.165) is 11.3 Å². The number of carboxylic acid groups (broad SMARTS) is 1. The fourth-order valence-corrected chi connectivity index (χ4v) is 3.16. The summed E-state index contributed by atoms with van der Waals surface area (Å²) in [6.45, 7) is 1.44. The van der Waals surface area contributed by atoms with Gasteiger partial charge in [-0.1, -0.05) is 30.3 Å². The fraction of sp³-hybridized carbons (Fsp3) is 0.286. The van der Waals surface area contributed by atoms with E-state index in [1.54, 1.807) is 17.0 Å². The molecule has 0 aromatic heterocycles. The highest BCUT2D eigenvalue weighted by molar-refractivity contribution is 5.89. The van der Waals surface area contributed by atoms with Crippen LogP contribution in [-0.2, 0) is 6.54 Å². The van der Waals surface area contributed by atoms with Crippen molar-refractivity contribution in [2.45, 2.75) is 25.4 Å². The monoisotopic (exact) mass is 396 g/mol. The van der Waals surface area contributed by atoms with Crippen molar-refractivity contribution in [3.63, 3.8) is 0 Å². The van der Waals surface area contributed by atoms with E-state index in [1.807, 2.05) is 30.3 Å². The highest BCUT2D eigenvalue weighted by Crippen LogP contribution is 2.12. The predicted molar refractivity (Wildman–Crippen MR) is 109 cm³/mol. The molecule has 1 fully saturated rings. The van der Waals surface area contributed by atoms with Gasteiger partial charge in [-0.15, -0.1) is 0 Å². The average molecular weight is 396 g/mol. The van der Waals surface area contributed by atoms with Crippen molar-refractivity contribution >= 4 is 23.7 Å². The van der Waals surface area contributed by atoms with E-state index < -0.39 is 5.97 Å². The number of aromatic carboxylic acids is 1. The third-order valence-corrected chi connectivity index (χ3v) is 4.79. The largest absolute Gasteiger partial charge is 0.478 e. The molecule has 29 heavy (non-hydrogen) atoms. The lowest BCUT2D eigenvalue weighted by Crippen LogP contribution is -2.50. The summed E-state index contributed by atoms with van der Waals surface area (Å²) in [7, 11) is 0. The Hall–Kier alpha value is -3.55. The Bertz CT molecular complexity index is 847. The lowest BCUT2D eigenvalue weighted by molar-refractivity contribution is 0.0696. The molecule has 152 valence electrons. The van der Waals surface area contributed by atoms with Gasteiger partial charge < -0.3 is 26.0 Å². The first-order valence-corrected chi connectivity index (χ1v) is 9.49.